The minimum Gasteiger partial charge on any atom is -0.480 e. The molecule has 0 radical (unpaired) electrons. The first-order chi connectivity index (χ1) is 6.72. The molecular formula is C8H12N2O4. The van der Waals surface area contributed by atoms with Gasteiger partial charge in [0.15, 0.2) is 5.82 Å². The number of aryl methyl sites for hydroxylation is 1. The molecule has 14 heavy (non-hydrogen) atoms. The molecule has 6 nitrogen and oxygen atoms in total. The lowest BCUT2D eigenvalue weighted by Gasteiger charge is -1.93. The Morgan fingerprint density at radius 2 is 2.43 bits per heavy atom. The van der Waals surface area contributed by atoms with Gasteiger partial charge in [-0.25, -0.2) is 4.79 Å². The number of hydrogen-bond acceptors (Lipinski definition) is 5. The van der Waals surface area contributed by atoms with Crippen LogP contribution in [0.3, 0.4) is 0 Å². The van der Waals surface area contributed by atoms with Gasteiger partial charge >= 0.3 is 5.97 Å². The molecule has 0 bridgehead atoms. The lowest BCUT2D eigenvalue weighted by Crippen LogP contribution is -2.06. The van der Waals surface area contributed by atoms with Crippen molar-refractivity contribution in [2.75, 3.05) is 6.61 Å². The number of rotatable bonds is 6. The van der Waals surface area contributed by atoms with Crippen LogP contribution in [0.1, 0.15) is 25.1 Å². The van der Waals surface area contributed by atoms with E-state index in [9.17, 15) is 4.79 Å². The number of carbonyl (C=O) groups is 1. The Balaban J connectivity index is 2.32. The van der Waals surface area contributed by atoms with Crippen LogP contribution in [-0.2, 0) is 22.6 Å². The molecule has 0 fully saturated rings. The predicted molar refractivity (Wildman–Crippen MR) is 45.6 cm³/mol. The summed E-state index contributed by atoms with van der Waals surface area (Å²) >= 11 is 0. The van der Waals surface area contributed by atoms with Crippen LogP contribution in [0.5, 0.6) is 0 Å². The van der Waals surface area contributed by atoms with Crippen LogP contribution in [-0.4, -0.2) is 27.8 Å². The maximum Gasteiger partial charge on any atom is 0.329 e. The van der Waals surface area contributed by atoms with E-state index in [4.69, 9.17) is 14.4 Å². The van der Waals surface area contributed by atoms with E-state index in [0.717, 1.165) is 12.8 Å². The maximum absolute atomic E-state index is 10.1. The third-order valence-electron chi connectivity index (χ3n) is 1.43. The molecule has 0 aliphatic heterocycles. The Bertz CT molecular complexity index is 297. The summed E-state index contributed by atoms with van der Waals surface area (Å²) in [6.07, 6.45) is 1.69. The van der Waals surface area contributed by atoms with Crippen LogP contribution in [0.2, 0.25) is 0 Å². The van der Waals surface area contributed by atoms with E-state index >= 15 is 0 Å². The van der Waals surface area contributed by atoms with Crippen molar-refractivity contribution in [1.82, 2.24) is 10.1 Å². The van der Waals surface area contributed by atoms with E-state index in [0.29, 0.717) is 11.7 Å². The standard InChI is InChI=1S/C8H12N2O4/c1-2-3-6-9-7(14-10-6)4-13-5-8(11)12/h2-5H2,1H3,(H,11,12). The second-order valence-corrected chi connectivity index (χ2v) is 2.74. The van der Waals surface area contributed by atoms with E-state index in [2.05, 4.69) is 10.1 Å². The smallest absolute Gasteiger partial charge is 0.329 e. The fourth-order valence-electron chi connectivity index (χ4n) is 0.900. The van der Waals surface area contributed by atoms with Crippen molar-refractivity contribution in [2.24, 2.45) is 0 Å². The van der Waals surface area contributed by atoms with Gasteiger partial charge in [0.2, 0.25) is 0 Å². The average molecular weight is 200 g/mol. The molecule has 1 rings (SSSR count). The molecule has 6 heteroatoms. The van der Waals surface area contributed by atoms with Gasteiger partial charge in [-0.3, -0.25) is 0 Å². The number of ether oxygens (including phenoxy) is 1. The zero-order chi connectivity index (χ0) is 10.4. The minimum absolute atomic E-state index is 0.0447. The fourth-order valence-corrected chi connectivity index (χ4v) is 0.900. The van der Waals surface area contributed by atoms with Crippen LogP contribution in [0.15, 0.2) is 4.52 Å². The highest BCUT2D eigenvalue weighted by molar-refractivity contribution is 5.67. The lowest BCUT2D eigenvalue weighted by atomic mass is 10.3. The van der Waals surface area contributed by atoms with Crippen LogP contribution < -0.4 is 0 Å². The molecule has 0 aromatic carbocycles. The highest BCUT2D eigenvalue weighted by Crippen LogP contribution is 2.01. The third kappa shape index (κ3) is 3.53. The van der Waals surface area contributed by atoms with Crippen molar-refractivity contribution < 1.29 is 19.2 Å². The van der Waals surface area contributed by atoms with Gasteiger partial charge < -0.3 is 14.4 Å². The van der Waals surface area contributed by atoms with Crippen LogP contribution in [0.4, 0.5) is 0 Å². The minimum atomic E-state index is -1.02. The van der Waals surface area contributed by atoms with E-state index in [-0.39, 0.29) is 13.2 Å². The van der Waals surface area contributed by atoms with Gasteiger partial charge in [0, 0.05) is 6.42 Å². The van der Waals surface area contributed by atoms with Gasteiger partial charge in [-0.1, -0.05) is 12.1 Å². The number of nitrogens with zero attached hydrogens (tertiary/aromatic N) is 2. The third-order valence-corrected chi connectivity index (χ3v) is 1.43. The van der Waals surface area contributed by atoms with Crippen molar-refractivity contribution in [2.45, 2.75) is 26.4 Å². The first-order valence-electron chi connectivity index (χ1n) is 4.33. The number of aliphatic carboxylic acids is 1. The largest absolute Gasteiger partial charge is 0.480 e. The Labute approximate surface area is 80.9 Å². The first-order valence-corrected chi connectivity index (χ1v) is 4.33. The average Bonchev–Trinajstić information content (AvgIpc) is 2.53. The van der Waals surface area contributed by atoms with Crippen molar-refractivity contribution in [1.29, 1.82) is 0 Å². The molecule has 0 saturated carbocycles. The number of carboxylic acid groups (broad SMARTS) is 1. The Morgan fingerprint density at radius 1 is 1.64 bits per heavy atom. The molecule has 0 spiro atoms. The second-order valence-electron chi connectivity index (χ2n) is 2.74. The molecule has 0 unspecified atom stereocenters. The molecule has 0 atom stereocenters. The van der Waals surface area contributed by atoms with Crippen LogP contribution in [0.25, 0.3) is 0 Å². The van der Waals surface area contributed by atoms with Gasteiger partial charge in [0.25, 0.3) is 5.89 Å². The summed E-state index contributed by atoms with van der Waals surface area (Å²) in [7, 11) is 0. The molecule has 1 aromatic rings. The fraction of sp³-hybridized carbons (Fsp3) is 0.625. The van der Waals surface area contributed by atoms with Crippen LogP contribution >= 0.6 is 0 Å². The monoisotopic (exact) mass is 200 g/mol. The maximum atomic E-state index is 10.1. The number of aromatic nitrogens is 2. The molecule has 1 aromatic heterocycles. The topological polar surface area (TPSA) is 85.5 Å². The first kappa shape index (κ1) is 10.6. The van der Waals surface area contributed by atoms with Crippen molar-refractivity contribution in [3.63, 3.8) is 0 Å². The van der Waals surface area contributed by atoms with Gasteiger partial charge in [-0.2, -0.15) is 4.98 Å². The number of hydrogen-bond donors (Lipinski definition) is 1. The highest BCUT2D eigenvalue weighted by atomic mass is 16.5. The number of carboxylic acids is 1. The zero-order valence-corrected chi connectivity index (χ0v) is 7.89. The molecule has 1 heterocycles. The lowest BCUT2D eigenvalue weighted by molar-refractivity contribution is -0.142. The Morgan fingerprint density at radius 3 is 3.07 bits per heavy atom. The summed E-state index contributed by atoms with van der Waals surface area (Å²) in [5.41, 5.74) is 0. The SMILES string of the molecule is CCCc1noc(COCC(=O)O)n1. The molecule has 1 N–H and O–H groups in total. The molecule has 0 amide bonds. The summed E-state index contributed by atoms with van der Waals surface area (Å²) in [6.45, 7) is 1.70. The van der Waals surface area contributed by atoms with Crippen molar-refractivity contribution in [3.05, 3.63) is 11.7 Å². The van der Waals surface area contributed by atoms with Crippen LogP contribution in [0, 0.1) is 0 Å². The van der Waals surface area contributed by atoms with Crippen molar-refractivity contribution in [3.8, 4) is 0 Å². The van der Waals surface area contributed by atoms with Gasteiger partial charge in [0.1, 0.15) is 13.2 Å². The zero-order valence-electron chi connectivity index (χ0n) is 7.89. The van der Waals surface area contributed by atoms with Gasteiger partial charge in [-0.05, 0) is 6.42 Å². The van der Waals surface area contributed by atoms with Gasteiger partial charge in [-0.15, -0.1) is 0 Å². The summed E-state index contributed by atoms with van der Waals surface area (Å²) in [5.74, 6) is -0.0746. The summed E-state index contributed by atoms with van der Waals surface area (Å²) in [4.78, 5) is 14.1. The molecule has 0 saturated heterocycles. The Hall–Kier alpha value is -1.43. The molecule has 0 aliphatic carbocycles. The Kier molecular flexibility index (Phi) is 4.06. The summed E-state index contributed by atoms with van der Waals surface area (Å²) < 4.78 is 9.60. The summed E-state index contributed by atoms with van der Waals surface area (Å²) in [6, 6.07) is 0. The van der Waals surface area contributed by atoms with E-state index < -0.39 is 5.97 Å². The quantitative estimate of drug-likeness (QED) is 0.724. The molecule has 78 valence electrons. The molecule has 0 aliphatic rings. The normalized spacial score (nSPS) is 10.4. The highest BCUT2D eigenvalue weighted by Gasteiger charge is 2.06. The van der Waals surface area contributed by atoms with Gasteiger partial charge in [0.05, 0.1) is 0 Å². The predicted octanol–water partition coefficient (Wildman–Crippen LogP) is 0.623. The van der Waals surface area contributed by atoms with Crippen molar-refractivity contribution >= 4 is 5.97 Å². The molecular weight excluding hydrogens is 188 g/mol. The summed E-state index contributed by atoms with van der Waals surface area (Å²) in [5, 5.41) is 12.0. The van der Waals surface area contributed by atoms with E-state index in [1.54, 1.807) is 0 Å². The van der Waals surface area contributed by atoms with E-state index in [1.165, 1.54) is 0 Å². The van der Waals surface area contributed by atoms with E-state index in [1.807, 2.05) is 6.92 Å². The second kappa shape index (κ2) is 5.33.